The quantitative estimate of drug-likeness (QED) is 0.302. The summed E-state index contributed by atoms with van der Waals surface area (Å²) >= 11 is 0. The molecule has 180 valence electrons. The van der Waals surface area contributed by atoms with Crippen LogP contribution in [-0.4, -0.2) is 27.6 Å². The van der Waals surface area contributed by atoms with Crippen LogP contribution in [0.25, 0.3) is 11.4 Å². The van der Waals surface area contributed by atoms with Crippen molar-refractivity contribution in [2.45, 2.75) is 46.1 Å². The molecular formula is C29H32N4O2. The van der Waals surface area contributed by atoms with Gasteiger partial charge in [-0.2, -0.15) is 4.98 Å². The number of hydrogen-bond donors (Lipinski definition) is 1. The van der Waals surface area contributed by atoms with Crippen molar-refractivity contribution in [1.29, 1.82) is 0 Å². The van der Waals surface area contributed by atoms with Crippen LogP contribution in [0.2, 0.25) is 0 Å². The summed E-state index contributed by atoms with van der Waals surface area (Å²) in [4.78, 5) is 19.7. The molecule has 0 saturated carbocycles. The van der Waals surface area contributed by atoms with Crippen LogP contribution in [0.3, 0.4) is 0 Å². The number of nitrogens with zero attached hydrogens (tertiary/aromatic N) is 3. The predicted octanol–water partition coefficient (Wildman–Crippen LogP) is 7.01. The average Bonchev–Trinajstić information content (AvgIpc) is 3.34. The summed E-state index contributed by atoms with van der Waals surface area (Å²) in [6.45, 7) is 8.80. The molecule has 0 aliphatic rings. The van der Waals surface area contributed by atoms with Crippen LogP contribution in [0, 0.1) is 6.92 Å². The van der Waals surface area contributed by atoms with Gasteiger partial charge >= 0.3 is 6.03 Å². The van der Waals surface area contributed by atoms with Gasteiger partial charge in [0.1, 0.15) is 0 Å². The van der Waals surface area contributed by atoms with Gasteiger partial charge in [0.25, 0.3) is 0 Å². The van der Waals surface area contributed by atoms with Gasteiger partial charge in [0.15, 0.2) is 0 Å². The van der Waals surface area contributed by atoms with Gasteiger partial charge in [0, 0.05) is 24.2 Å². The van der Waals surface area contributed by atoms with Gasteiger partial charge in [-0.25, -0.2) is 4.79 Å². The first-order chi connectivity index (χ1) is 16.9. The molecule has 0 radical (unpaired) electrons. The molecule has 3 aromatic carbocycles. The van der Waals surface area contributed by atoms with Crippen LogP contribution < -0.4 is 5.32 Å². The Morgan fingerprint density at radius 3 is 2.26 bits per heavy atom. The molecule has 1 aromatic heterocycles. The maximum absolute atomic E-state index is 13.4. The zero-order valence-electron chi connectivity index (χ0n) is 20.7. The molecule has 0 spiro atoms. The third-order valence-electron chi connectivity index (χ3n) is 6.18. The molecule has 4 aromatic rings. The van der Waals surface area contributed by atoms with Gasteiger partial charge in [0.05, 0.1) is 6.04 Å². The lowest BCUT2D eigenvalue weighted by atomic mass is 10.0. The van der Waals surface area contributed by atoms with Crippen molar-refractivity contribution < 1.29 is 9.32 Å². The van der Waals surface area contributed by atoms with Gasteiger partial charge in [-0.3, -0.25) is 0 Å². The summed E-state index contributed by atoms with van der Waals surface area (Å²) in [6, 6.07) is 25.7. The van der Waals surface area contributed by atoms with E-state index in [4.69, 9.17) is 4.52 Å². The Hall–Kier alpha value is -3.93. The predicted molar refractivity (Wildman–Crippen MR) is 139 cm³/mol. The van der Waals surface area contributed by atoms with Crippen molar-refractivity contribution in [1.82, 2.24) is 15.0 Å². The Kier molecular flexibility index (Phi) is 7.60. The maximum Gasteiger partial charge on any atom is 0.322 e. The fourth-order valence-electron chi connectivity index (χ4n) is 3.92. The van der Waals surface area contributed by atoms with Crippen molar-refractivity contribution in [2.24, 2.45) is 0 Å². The highest BCUT2D eigenvalue weighted by Crippen LogP contribution is 2.23. The molecule has 6 nitrogen and oxygen atoms in total. The molecule has 2 amide bonds. The molecule has 1 unspecified atom stereocenters. The van der Waals surface area contributed by atoms with E-state index in [1.807, 2.05) is 80.6 Å². The summed E-state index contributed by atoms with van der Waals surface area (Å²) in [6.07, 6.45) is 0.454. The van der Waals surface area contributed by atoms with Gasteiger partial charge in [0.2, 0.25) is 11.7 Å². The Balaban J connectivity index is 1.49. The van der Waals surface area contributed by atoms with Gasteiger partial charge in [-0.05, 0) is 43.0 Å². The first-order valence-electron chi connectivity index (χ1n) is 12.0. The molecule has 0 aliphatic carbocycles. The number of hydrogen-bond acceptors (Lipinski definition) is 4. The molecule has 1 heterocycles. The van der Waals surface area contributed by atoms with E-state index in [1.54, 1.807) is 4.90 Å². The number of nitrogens with one attached hydrogen (secondary N) is 1. The van der Waals surface area contributed by atoms with Crippen molar-refractivity contribution in [2.75, 3.05) is 11.9 Å². The smallest absolute Gasteiger partial charge is 0.322 e. The molecule has 6 heteroatoms. The van der Waals surface area contributed by atoms with Crippen LogP contribution in [0.15, 0.2) is 83.4 Å². The number of aryl methyl sites for hydroxylation is 1. The van der Waals surface area contributed by atoms with Crippen LogP contribution in [0.1, 0.15) is 55.3 Å². The lowest BCUT2D eigenvalue weighted by molar-refractivity contribution is 0.191. The van der Waals surface area contributed by atoms with E-state index in [-0.39, 0.29) is 12.1 Å². The van der Waals surface area contributed by atoms with Crippen LogP contribution in [0.5, 0.6) is 0 Å². The SMILES string of the molecule is Cc1ccc(-c2noc(CCN(C(=O)Nc3ccc(C(C)C)cc3)C(C)c3ccccc3)n2)cc1. The molecule has 1 atom stereocenters. The summed E-state index contributed by atoms with van der Waals surface area (Å²) in [5.41, 5.74) is 5.14. The number of aromatic nitrogens is 2. The summed E-state index contributed by atoms with van der Waals surface area (Å²) < 4.78 is 5.50. The van der Waals surface area contributed by atoms with Crippen molar-refractivity contribution in [3.63, 3.8) is 0 Å². The number of anilines is 1. The number of urea groups is 1. The minimum Gasteiger partial charge on any atom is -0.339 e. The van der Waals surface area contributed by atoms with E-state index >= 15 is 0 Å². The van der Waals surface area contributed by atoms with Crippen molar-refractivity contribution in [3.8, 4) is 11.4 Å². The molecule has 0 aliphatic heterocycles. The molecule has 35 heavy (non-hydrogen) atoms. The summed E-state index contributed by atoms with van der Waals surface area (Å²) in [5.74, 6) is 1.49. The third kappa shape index (κ3) is 6.15. The van der Waals surface area contributed by atoms with Crippen molar-refractivity contribution in [3.05, 3.63) is 101 Å². The number of carbonyl (C=O) groups excluding carboxylic acids is 1. The fourth-order valence-corrected chi connectivity index (χ4v) is 3.92. The average molecular weight is 469 g/mol. The highest BCUT2D eigenvalue weighted by Gasteiger charge is 2.23. The van der Waals surface area contributed by atoms with E-state index in [0.29, 0.717) is 30.6 Å². The fraction of sp³-hybridized carbons (Fsp3) is 0.276. The lowest BCUT2D eigenvalue weighted by Crippen LogP contribution is -2.38. The molecule has 0 saturated heterocycles. The lowest BCUT2D eigenvalue weighted by Gasteiger charge is -2.29. The minimum atomic E-state index is -0.170. The second-order valence-corrected chi connectivity index (χ2v) is 9.11. The Morgan fingerprint density at radius 2 is 1.60 bits per heavy atom. The molecule has 0 fully saturated rings. The first-order valence-corrected chi connectivity index (χ1v) is 12.0. The van der Waals surface area contributed by atoms with Gasteiger partial charge < -0.3 is 14.7 Å². The van der Waals surface area contributed by atoms with E-state index in [1.165, 1.54) is 11.1 Å². The van der Waals surface area contributed by atoms with E-state index in [0.717, 1.165) is 16.8 Å². The number of amides is 2. The normalized spacial score (nSPS) is 11.9. The Labute approximate surface area is 207 Å². The third-order valence-corrected chi connectivity index (χ3v) is 6.18. The maximum atomic E-state index is 13.4. The Morgan fingerprint density at radius 1 is 0.914 bits per heavy atom. The largest absolute Gasteiger partial charge is 0.339 e. The highest BCUT2D eigenvalue weighted by molar-refractivity contribution is 5.89. The minimum absolute atomic E-state index is 0.134. The summed E-state index contributed by atoms with van der Waals surface area (Å²) in [5, 5.41) is 7.18. The molecule has 4 rings (SSSR count). The second-order valence-electron chi connectivity index (χ2n) is 9.11. The van der Waals surface area contributed by atoms with Crippen LogP contribution in [0.4, 0.5) is 10.5 Å². The number of carbonyl (C=O) groups is 1. The standard InChI is InChI=1S/C29H32N4O2/c1-20(2)23-14-16-26(17-15-23)30-29(34)33(22(4)24-8-6-5-7-9-24)19-18-27-31-28(32-35-27)25-12-10-21(3)11-13-25/h5-17,20,22H,18-19H2,1-4H3,(H,30,34). The Bertz CT molecular complexity index is 1230. The molecular weight excluding hydrogens is 436 g/mol. The van der Waals surface area contributed by atoms with E-state index in [2.05, 4.69) is 41.4 Å². The van der Waals surface area contributed by atoms with Crippen molar-refractivity contribution >= 4 is 11.7 Å². The van der Waals surface area contributed by atoms with Gasteiger partial charge in [-0.1, -0.05) is 91.3 Å². The van der Waals surface area contributed by atoms with E-state index < -0.39 is 0 Å². The zero-order chi connectivity index (χ0) is 24.8. The molecule has 1 N–H and O–H groups in total. The highest BCUT2D eigenvalue weighted by atomic mass is 16.5. The topological polar surface area (TPSA) is 71.3 Å². The van der Waals surface area contributed by atoms with E-state index in [9.17, 15) is 4.79 Å². The monoisotopic (exact) mass is 468 g/mol. The zero-order valence-corrected chi connectivity index (χ0v) is 20.7. The number of benzene rings is 3. The summed E-state index contributed by atoms with van der Waals surface area (Å²) in [7, 11) is 0. The molecule has 0 bridgehead atoms. The number of rotatable bonds is 8. The second kappa shape index (κ2) is 11.0. The van der Waals surface area contributed by atoms with Crippen LogP contribution >= 0.6 is 0 Å². The van der Waals surface area contributed by atoms with Crippen LogP contribution in [-0.2, 0) is 6.42 Å². The first kappa shape index (κ1) is 24.2. The van der Waals surface area contributed by atoms with Gasteiger partial charge in [-0.15, -0.1) is 0 Å².